The fourth-order valence-corrected chi connectivity index (χ4v) is 2.32. The van der Waals surface area contributed by atoms with Gasteiger partial charge in [-0.2, -0.15) is 0 Å². The quantitative estimate of drug-likeness (QED) is 0.618. The lowest BCUT2D eigenvalue weighted by Crippen LogP contribution is -2.57. The van der Waals surface area contributed by atoms with E-state index in [9.17, 15) is 10.2 Å². The minimum atomic E-state index is -1.05. The number of morpholine rings is 1. The highest BCUT2D eigenvalue weighted by atomic mass is 16.6. The largest absolute Gasteiger partial charge is 0.386 e. The standard InChI is InChI=1S/C10H19NO4.H2/c1-7-6-8(9(12)10(13)15-7)11-2-4-14-5-3-11;/h7-10,12-13H,2-6H2,1H3;1H/t7?,8?,9?,10-;/m1./s1. The fourth-order valence-electron chi connectivity index (χ4n) is 2.32. The van der Waals surface area contributed by atoms with Crippen molar-refractivity contribution in [2.24, 2.45) is 0 Å². The number of aliphatic hydroxyl groups is 2. The Hall–Kier alpha value is -0.200. The van der Waals surface area contributed by atoms with Gasteiger partial charge in [-0.1, -0.05) is 0 Å². The van der Waals surface area contributed by atoms with Crippen LogP contribution in [0.15, 0.2) is 0 Å². The van der Waals surface area contributed by atoms with Crippen molar-refractivity contribution in [1.29, 1.82) is 0 Å². The summed E-state index contributed by atoms with van der Waals surface area (Å²) in [6.07, 6.45) is -1.10. The van der Waals surface area contributed by atoms with E-state index in [4.69, 9.17) is 9.47 Å². The summed E-state index contributed by atoms with van der Waals surface area (Å²) in [5, 5.41) is 19.4. The Bertz CT molecular complexity index is 213. The SMILES string of the molecule is CC1CC(N2CCOCC2)C(O)[C@H](O)O1.[HH]. The lowest BCUT2D eigenvalue weighted by atomic mass is 9.98. The molecule has 5 nitrogen and oxygen atoms in total. The number of nitrogens with zero attached hydrogens (tertiary/aromatic N) is 1. The van der Waals surface area contributed by atoms with Gasteiger partial charge < -0.3 is 19.7 Å². The Morgan fingerprint density at radius 3 is 2.60 bits per heavy atom. The average molecular weight is 219 g/mol. The Morgan fingerprint density at radius 2 is 1.93 bits per heavy atom. The van der Waals surface area contributed by atoms with E-state index >= 15 is 0 Å². The van der Waals surface area contributed by atoms with Crippen LogP contribution >= 0.6 is 0 Å². The Balaban J connectivity index is 0.00000128. The lowest BCUT2D eigenvalue weighted by molar-refractivity contribution is -0.236. The molecule has 4 atom stereocenters. The van der Waals surface area contributed by atoms with E-state index in [2.05, 4.69) is 4.90 Å². The summed E-state index contributed by atoms with van der Waals surface area (Å²) in [6, 6.07) is -0.00681. The molecule has 2 heterocycles. The van der Waals surface area contributed by atoms with Gasteiger partial charge >= 0.3 is 0 Å². The first-order valence-electron chi connectivity index (χ1n) is 5.52. The highest BCUT2D eigenvalue weighted by Crippen LogP contribution is 2.23. The second-order valence-corrected chi connectivity index (χ2v) is 4.28. The molecule has 90 valence electrons. The molecular formula is C10H21NO4. The van der Waals surface area contributed by atoms with Crippen molar-refractivity contribution < 1.29 is 21.1 Å². The summed E-state index contributed by atoms with van der Waals surface area (Å²) in [5.41, 5.74) is 0. The first kappa shape index (κ1) is 11.3. The van der Waals surface area contributed by atoms with Crippen molar-refractivity contribution in [1.82, 2.24) is 4.90 Å². The Kier molecular flexibility index (Phi) is 3.58. The summed E-state index contributed by atoms with van der Waals surface area (Å²) < 4.78 is 10.4. The molecule has 0 saturated carbocycles. The van der Waals surface area contributed by atoms with E-state index in [1.165, 1.54) is 0 Å². The van der Waals surface area contributed by atoms with Crippen LogP contribution in [0.2, 0.25) is 0 Å². The summed E-state index contributed by atoms with van der Waals surface area (Å²) in [7, 11) is 0. The zero-order valence-corrected chi connectivity index (χ0v) is 9.00. The number of hydrogen-bond donors (Lipinski definition) is 2. The van der Waals surface area contributed by atoms with Gasteiger partial charge in [0.05, 0.1) is 19.3 Å². The summed E-state index contributed by atoms with van der Waals surface area (Å²) in [4.78, 5) is 2.18. The highest BCUT2D eigenvalue weighted by Gasteiger charge is 2.38. The van der Waals surface area contributed by atoms with Crippen LogP contribution in [-0.4, -0.2) is 66.0 Å². The van der Waals surface area contributed by atoms with Crippen LogP contribution in [0.1, 0.15) is 14.8 Å². The van der Waals surface area contributed by atoms with Crippen molar-refractivity contribution in [3.05, 3.63) is 0 Å². The number of aliphatic hydroxyl groups excluding tert-OH is 2. The summed E-state index contributed by atoms with van der Waals surface area (Å²) >= 11 is 0. The van der Waals surface area contributed by atoms with Crippen molar-refractivity contribution in [2.75, 3.05) is 26.3 Å². The van der Waals surface area contributed by atoms with Gasteiger partial charge in [-0.15, -0.1) is 0 Å². The normalized spacial score (nSPS) is 44.2. The minimum absolute atomic E-state index is 0. The van der Waals surface area contributed by atoms with Crippen LogP contribution < -0.4 is 0 Å². The van der Waals surface area contributed by atoms with Crippen LogP contribution in [0.25, 0.3) is 0 Å². The average Bonchev–Trinajstić information content (AvgIpc) is 2.24. The molecule has 2 aliphatic rings. The van der Waals surface area contributed by atoms with Gasteiger partial charge in [0.25, 0.3) is 0 Å². The molecule has 0 radical (unpaired) electrons. The van der Waals surface area contributed by atoms with Gasteiger partial charge in [0.15, 0.2) is 6.29 Å². The van der Waals surface area contributed by atoms with Crippen molar-refractivity contribution >= 4 is 0 Å². The fraction of sp³-hybridized carbons (Fsp3) is 1.00. The van der Waals surface area contributed by atoms with Gasteiger partial charge in [-0.25, -0.2) is 0 Å². The van der Waals surface area contributed by atoms with E-state index in [1.54, 1.807) is 0 Å². The van der Waals surface area contributed by atoms with Crippen LogP contribution in [0.4, 0.5) is 0 Å². The maximum Gasteiger partial charge on any atom is 0.182 e. The Labute approximate surface area is 91.1 Å². The first-order valence-corrected chi connectivity index (χ1v) is 5.52. The molecule has 0 aromatic heterocycles. The van der Waals surface area contributed by atoms with Gasteiger partial charge in [-0.3, -0.25) is 4.90 Å². The molecule has 3 unspecified atom stereocenters. The molecule has 0 aliphatic carbocycles. The molecule has 2 rings (SSSR count). The minimum Gasteiger partial charge on any atom is -0.386 e. The predicted molar refractivity (Wildman–Crippen MR) is 55.5 cm³/mol. The van der Waals surface area contributed by atoms with E-state index in [-0.39, 0.29) is 13.6 Å². The maximum absolute atomic E-state index is 9.85. The third-order valence-corrected chi connectivity index (χ3v) is 3.15. The van der Waals surface area contributed by atoms with Gasteiger partial charge in [0.1, 0.15) is 6.10 Å². The third kappa shape index (κ3) is 2.49. The van der Waals surface area contributed by atoms with Crippen molar-refractivity contribution in [3.63, 3.8) is 0 Å². The second-order valence-electron chi connectivity index (χ2n) is 4.28. The van der Waals surface area contributed by atoms with Crippen LogP contribution in [-0.2, 0) is 9.47 Å². The molecule has 15 heavy (non-hydrogen) atoms. The first-order chi connectivity index (χ1) is 7.18. The van der Waals surface area contributed by atoms with Crippen LogP contribution in [0.5, 0.6) is 0 Å². The third-order valence-electron chi connectivity index (χ3n) is 3.15. The molecule has 2 aliphatic heterocycles. The molecule has 0 amide bonds. The van der Waals surface area contributed by atoms with E-state index < -0.39 is 12.4 Å². The molecule has 0 aromatic rings. The molecule has 2 saturated heterocycles. The smallest absolute Gasteiger partial charge is 0.182 e. The van der Waals surface area contributed by atoms with Crippen molar-refractivity contribution in [2.45, 2.75) is 37.9 Å². The molecule has 2 N–H and O–H groups in total. The second kappa shape index (κ2) is 4.76. The van der Waals surface area contributed by atoms with Gasteiger partial charge in [0, 0.05) is 20.6 Å². The summed E-state index contributed by atoms with van der Waals surface area (Å²) in [5.74, 6) is 0. The van der Waals surface area contributed by atoms with Crippen LogP contribution in [0, 0.1) is 0 Å². The maximum atomic E-state index is 9.85. The van der Waals surface area contributed by atoms with E-state index in [0.717, 1.165) is 19.5 Å². The van der Waals surface area contributed by atoms with E-state index in [1.807, 2.05) is 6.92 Å². The molecule has 0 aromatic carbocycles. The number of rotatable bonds is 1. The highest BCUT2D eigenvalue weighted by molar-refractivity contribution is 4.87. The molecule has 2 fully saturated rings. The topological polar surface area (TPSA) is 62.2 Å². The zero-order valence-electron chi connectivity index (χ0n) is 9.00. The Morgan fingerprint density at radius 1 is 1.27 bits per heavy atom. The van der Waals surface area contributed by atoms with E-state index in [0.29, 0.717) is 13.2 Å². The van der Waals surface area contributed by atoms with Crippen LogP contribution in [0.3, 0.4) is 0 Å². The molecule has 0 bridgehead atoms. The molecular weight excluding hydrogens is 198 g/mol. The van der Waals surface area contributed by atoms with Gasteiger partial charge in [-0.05, 0) is 13.3 Å². The predicted octanol–water partition coefficient (Wildman–Crippen LogP) is -0.579. The zero-order chi connectivity index (χ0) is 10.8. The lowest BCUT2D eigenvalue weighted by Gasteiger charge is -2.43. The number of hydrogen-bond acceptors (Lipinski definition) is 5. The van der Waals surface area contributed by atoms with Gasteiger partial charge in [0.2, 0.25) is 0 Å². The number of ether oxygens (including phenoxy) is 2. The molecule has 5 heteroatoms. The monoisotopic (exact) mass is 219 g/mol. The van der Waals surface area contributed by atoms with Crippen molar-refractivity contribution in [3.8, 4) is 0 Å². The molecule has 0 spiro atoms. The summed E-state index contributed by atoms with van der Waals surface area (Å²) in [6.45, 7) is 4.97.